The second-order valence-electron chi connectivity index (χ2n) is 6.19. The van der Waals surface area contributed by atoms with Gasteiger partial charge in [0, 0.05) is 23.7 Å². The first-order valence-electron chi connectivity index (χ1n) is 8.89. The normalized spacial score (nSPS) is 11.5. The molecule has 0 bridgehead atoms. The number of ether oxygens (including phenoxy) is 2. The summed E-state index contributed by atoms with van der Waals surface area (Å²) >= 11 is 0. The molecule has 0 aliphatic carbocycles. The van der Waals surface area contributed by atoms with Gasteiger partial charge in [0.25, 0.3) is 0 Å². The number of phenols is 1. The zero-order valence-electron chi connectivity index (χ0n) is 15.8. The van der Waals surface area contributed by atoms with Crippen molar-refractivity contribution in [1.29, 1.82) is 5.26 Å². The highest BCUT2D eigenvalue weighted by Crippen LogP contribution is 2.34. The Morgan fingerprint density at radius 3 is 2.52 bits per heavy atom. The maximum absolute atomic E-state index is 11.7. The van der Waals surface area contributed by atoms with Crippen LogP contribution in [0.1, 0.15) is 55.1 Å². The first-order valence-corrected chi connectivity index (χ1v) is 8.89. The second-order valence-corrected chi connectivity index (χ2v) is 6.19. The number of rotatable bonds is 8. The summed E-state index contributed by atoms with van der Waals surface area (Å²) in [6, 6.07) is 10.1. The molecule has 2 aromatic rings. The summed E-state index contributed by atoms with van der Waals surface area (Å²) < 4.78 is 11.8. The summed E-state index contributed by atoms with van der Waals surface area (Å²) in [6.45, 7) is 5.27. The lowest BCUT2D eigenvalue weighted by atomic mass is 10.0. The van der Waals surface area contributed by atoms with Crippen LogP contribution < -0.4 is 15.2 Å². The van der Waals surface area contributed by atoms with Gasteiger partial charge in [-0.15, -0.1) is 0 Å². The van der Waals surface area contributed by atoms with Gasteiger partial charge in [-0.25, -0.2) is 0 Å². The molecular weight excluding hydrogens is 344 g/mol. The van der Waals surface area contributed by atoms with Crippen molar-refractivity contribution in [3.05, 3.63) is 47.0 Å². The minimum absolute atomic E-state index is 0.0571. The van der Waals surface area contributed by atoms with Crippen molar-refractivity contribution in [3.8, 4) is 23.3 Å². The summed E-state index contributed by atoms with van der Waals surface area (Å²) in [6.07, 6.45) is 1.15. The maximum atomic E-state index is 11.7. The Hall–Kier alpha value is -3.20. The third-order valence-corrected chi connectivity index (χ3v) is 4.10. The van der Waals surface area contributed by atoms with Gasteiger partial charge in [-0.3, -0.25) is 4.79 Å². The van der Waals surface area contributed by atoms with Gasteiger partial charge in [-0.1, -0.05) is 20.3 Å². The van der Waals surface area contributed by atoms with E-state index in [1.54, 1.807) is 30.3 Å². The van der Waals surface area contributed by atoms with E-state index in [0.29, 0.717) is 41.2 Å². The molecule has 0 saturated carbocycles. The molecule has 6 heteroatoms. The maximum Gasteiger partial charge on any atom is 0.240 e. The van der Waals surface area contributed by atoms with E-state index in [-0.39, 0.29) is 17.1 Å². The van der Waals surface area contributed by atoms with Gasteiger partial charge in [-0.05, 0) is 37.6 Å². The number of ketones is 1. The number of carbonyl (C=O) groups is 1. The van der Waals surface area contributed by atoms with Gasteiger partial charge in [0.1, 0.15) is 23.3 Å². The van der Waals surface area contributed by atoms with Crippen LogP contribution >= 0.6 is 0 Å². The van der Waals surface area contributed by atoms with Crippen molar-refractivity contribution in [2.24, 2.45) is 0 Å². The lowest BCUT2D eigenvalue weighted by Crippen LogP contribution is -2.24. The van der Waals surface area contributed by atoms with Crippen LogP contribution in [0.2, 0.25) is 0 Å². The molecule has 27 heavy (non-hydrogen) atoms. The molecule has 142 valence electrons. The Balaban J connectivity index is 2.34. The molecule has 0 spiro atoms. The summed E-state index contributed by atoms with van der Waals surface area (Å²) in [5, 5.41) is 19.7. The smallest absolute Gasteiger partial charge is 0.240 e. The number of aromatic hydroxyl groups is 1. The Bertz CT molecular complexity index is 871. The zero-order valence-corrected chi connectivity index (χ0v) is 15.8. The molecule has 1 unspecified atom stereocenters. The van der Waals surface area contributed by atoms with Crippen molar-refractivity contribution >= 4 is 11.5 Å². The van der Waals surface area contributed by atoms with Crippen molar-refractivity contribution in [1.82, 2.24) is 0 Å². The van der Waals surface area contributed by atoms with E-state index in [2.05, 4.69) is 6.07 Å². The standard InChI is InChI=1S/C21H24N2O4/c1-4-6-17-18(10-9-16(13(3)24)21(17)25)26-20(5-2)27-19-11-15(23)8-7-14(19)12-22/h7-11,20,25H,4-6,23H2,1-3H3. The van der Waals surface area contributed by atoms with E-state index >= 15 is 0 Å². The number of nitrogen functional groups attached to an aromatic ring is 1. The molecule has 1 atom stereocenters. The van der Waals surface area contributed by atoms with E-state index in [0.717, 1.165) is 6.42 Å². The Morgan fingerprint density at radius 2 is 1.93 bits per heavy atom. The van der Waals surface area contributed by atoms with Crippen molar-refractivity contribution in [2.45, 2.75) is 46.3 Å². The van der Waals surface area contributed by atoms with Crippen molar-refractivity contribution in [2.75, 3.05) is 5.73 Å². The molecule has 0 aliphatic heterocycles. The minimum atomic E-state index is -0.683. The minimum Gasteiger partial charge on any atom is -0.507 e. The first-order chi connectivity index (χ1) is 12.9. The van der Waals surface area contributed by atoms with Gasteiger partial charge in [0.15, 0.2) is 5.78 Å². The van der Waals surface area contributed by atoms with Crippen LogP contribution in [-0.4, -0.2) is 17.2 Å². The number of Topliss-reactive ketones (excluding diaryl/α,β-unsaturated/α-hetero) is 1. The topological polar surface area (TPSA) is 106 Å². The number of carbonyl (C=O) groups excluding carboxylic acids is 1. The van der Waals surface area contributed by atoms with Crippen LogP contribution in [0.15, 0.2) is 30.3 Å². The lowest BCUT2D eigenvalue weighted by molar-refractivity contribution is 0.00228. The largest absolute Gasteiger partial charge is 0.507 e. The summed E-state index contributed by atoms with van der Waals surface area (Å²) in [4.78, 5) is 11.7. The van der Waals surface area contributed by atoms with Crippen molar-refractivity contribution < 1.29 is 19.4 Å². The average molecular weight is 368 g/mol. The average Bonchev–Trinajstić information content (AvgIpc) is 2.63. The Kier molecular flexibility index (Phi) is 6.67. The van der Waals surface area contributed by atoms with E-state index in [9.17, 15) is 15.2 Å². The molecule has 0 aromatic heterocycles. The fraction of sp³-hybridized carbons (Fsp3) is 0.333. The molecule has 0 amide bonds. The third-order valence-electron chi connectivity index (χ3n) is 4.10. The molecule has 2 rings (SSSR count). The SMILES string of the molecule is CCCc1c(OC(CC)Oc2cc(N)ccc2C#N)ccc(C(C)=O)c1O. The Morgan fingerprint density at radius 1 is 1.22 bits per heavy atom. The number of nitrogens with zero attached hydrogens (tertiary/aromatic N) is 1. The fourth-order valence-corrected chi connectivity index (χ4v) is 2.71. The predicted octanol–water partition coefficient (Wildman–Crippen LogP) is 4.20. The summed E-state index contributed by atoms with van der Waals surface area (Å²) in [5.41, 5.74) is 7.46. The van der Waals surface area contributed by atoms with Gasteiger partial charge < -0.3 is 20.3 Å². The number of nitrogens with two attached hydrogens (primary N) is 1. The molecule has 0 fully saturated rings. The number of nitriles is 1. The van der Waals surface area contributed by atoms with Gasteiger partial charge >= 0.3 is 0 Å². The second kappa shape index (κ2) is 8.95. The molecule has 0 aliphatic rings. The quantitative estimate of drug-likeness (QED) is 0.411. The monoisotopic (exact) mass is 368 g/mol. The van der Waals surface area contributed by atoms with Crippen molar-refractivity contribution in [3.63, 3.8) is 0 Å². The van der Waals surface area contributed by atoms with Crippen LogP contribution in [0.5, 0.6) is 17.2 Å². The molecular formula is C21H24N2O4. The van der Waals surface area contributed by atoms with Crippen LogP contribution in [0.4, 0.5) is 5.69 Å². The number of hydrogen-bond acceptors (Lipinski definition) is 6. The number of benzene rings is 2. The molecule has 0 heterocycles. The highest BCUT2D eigenvalue weighted by Gasteiger charge is 2.20. The van der Waals surface area contributed by atoms with E-state index in [1.807, 2.05) is 13.8 Å². The predicted molar refractivity (Wildman–Crippen MR) is 103 cm³/mol. The molecule has 3 N–H and O–H groups in total. The van der Waals surface area contributed by atoms with Crippen LogP contribution in [0, 0.1) is 11.3 Å². The van der Waals surface area contributed by atoms with E-state index in [4.69, 9.17) is 15.2 Å². The molecule has 6 nitrogen and oxygen atoms in total. The molecule has 2 aromatic carbocycles. The highest BCUT2D eigenvalue weighted by molar-refractivity contribution is 5.97. The summed E-state index contributed by atoms with van der Waals surface area (Å²) in [5.74, 6) is 0.524. The fourth-order valence-electron chi connectivity index (χ4n) is 2.71. The van der Waals surface area contributed by atoms with E-state index in [1.165, 1.54) is 6.92 Å². The van der Waals surface area contributed by atoms with Crippen LogP contribution in [-0.2, 0) is 6.42 Å². The van der Waals surface area contributed by atoms with E-state index < -0.39 is 6.29 Å². The zero-order chi connectivity index (χ0) is 20.0. The summed E-state index contributed by atoms with van der Waals surface area (Å²) in [7, 11) is 0. The first kappa shape index (κ1) is 20.1. The molecule has 0 radical (unpaired) electrons. The number of anilines is 1. The highest BCUT2D eigenvalue weighted by atomic mass is 16.7. The third kappa shape index (κ3) is 4.70. The van der Waals surface area contributed by atoms with Crippen LogP contribution in [0.3, 0.4) is 0 Å². The van der Waals surface area contributed by atoms with Gasteiger partial charge in [0.2, 0.25) is 6.29 Å². The van der Waals surface area contributed by atoms with Gasteiger partial charge in [-0.2, -0.15) is 5.26 Å². The lowest BCUT2D eigenvalue weighted by Gasteiger charge is -2.22. The van der Waals surface area contributed by atoms with Gasteiger partial charge in [0.05, 0.1) is 11.1 Å². The Labute approximate surface area is 159 Å². The number of phenolic OH excluding ortho intramolecular Hbond substituents is 1. The molecule has 0 saturated heterocycles. The number of hydrogen-bond donors (Lipinski definition) is 2. The van der Waals surface area contributed by atoms with Crippen LogP contribution in [0.25, 0.3) is 0 Å².